The molecule has 0 aromatic heterocycles. The van der Waals surface area contributed by atoms with E-state index in [1.165, 1.54) is 12.0 Å². The summed E-state index contributed by atoms with van der Waals surface area (Å²) < 4.78 is 9.54. The van der Waals surface area contributed by atoms with Crippen LogP contribution < -0.4 is 0 Å². The molecule has 2 aliphatic rings. The molecule has 0 radical (unpaired) electrons. The molecule has 2 rings (SSSR count). The number of esters is 1. The van der Waals surface area contributed by atoms with Crippen LogP contribution in [0.25, 0.3) is 0 Å². The molecule has 7 nitrogen and oxygen atoms in total. The second-order valence-corrected chi connectivity index (χ2v) is 4.49. The van der Waals surface area contributed by atoms with E-state index < -0.39 is 36.4 Å². The smallest absolute Gasteiger partial charge is 0.410 e. The predicted molar refractivity (Wildman–Crippen MR) is 63.2 cm³/mol. The molecule has 106 valence electrons. The number of fused-ring (bicyclic) bond motifs is 2. The van der Waals surface area contributed by atoms with E-state index in [9.17, 15) is 19.8 Å². The van der Waals surface area contributed by atoms with Gasteiger partial charge in [0, 0.05) is 0 Å². The molecule has 0 spiro atoms. The minimum atomic E-state index is -1.22. The number of carbonyl (C=O) groups is 2. The Balaban J connectivity index is 2.33. The van der Waals surface area contributed by atoms with Crippen LogP contribution in [0, 0.1) is 0 Å². The molecule has 0 aliphatic carbocycles. The SMILES string of the molecule is CCOC(=O)N1[C@@H]2CC=C(C(=O)OC)[C@@H]1C(O)C2O. The second kappa shape index (κ2) is 5.18. The number of carbonyl (C=O) groups excluding carboxylic acids is 2. The van der Waals surface area contributed by atoms with Gasteiger partial charge in [0.15, 0.2) is 0 Å². The van der Waals surface area contributed by atoms with Crippen molar-refractivity contribution in [2.75, 3.05) is 13.7 Å². The number of methoxy groups -OCH3 is 1. The molecule has 2 aliphatic heterocycles. The van der Waals surface area contributed by atoms with Crippen LogP contribution in [0.5, 0.6) is 0 Å². The fraction of sp³-hybridized carbons (Fsp3) is 0.667. The number of aliphatic hydroxyl groups is 2. The standard InChI is InChI=1S/C12H17NO6/c1-3-19-12(17)13-7-5-4-6(11(16)18-2)8(13)10(15)9(7)14/h4,7-10,14-15H,3,5H2,1-2H3/t7-,8-,9?,10?/m1/s1. The highest BCUT2D eigenvalue weighted by molar-refractivity contribution is 5.91. The molecule has 0 aromatic rings. The van der Waals surface area contributed by atoms with Gasteiger partial charge in [-0.1, -0.05) is 6.08 Å². The Kier molecular flexibility index (Phi) is 3.77. The minimum Gasteiger partial charge on any atom is -0.466 e. The Morgan fingerprint density at radius 3 is 2.68 bits per heavy atom. The van der Waals surface area contributed by atoms with Gasteiger partial charge in [-0.05, 0) is 13.3 Å². The molecule has 1 saturated heterocycles. The predicted octanol–water partition coefficient (Wildman–Crippen LogP) is -0.579. The van der Waals surface area contributed by atoms with E-state index in [0.717, 1.165) is 0 Å². The van der Waals surface area contributed by atoms with Gasteiger partial charge in [0.25, 0.3) is 0 Å². The van der Waals surface area contributed by atoms with Gasteiger partial charge in [-0.25, -0.2) is 9.59 Å². The van der Waals surface area contributed by atoms with Crippen molar-refractivity contribution in [3.63, 3.8) is 0 Å². The van der Waals surface area contributed by atoms with Crippen molar-refractivity contribution in [2.45, 2.75) is 37.6 Å². The first-order valence-electron chi connectivity index (χ1n) is 6.12. The normalized spacial score (nSPS) is 32.8. The van der Waals surface area contributed by atoms with Gasteiger partial charge >= 0.3 is 12.1 Å². The summed E-state index contributed by atoms with van der Waals surface area (Å²) in [5.41, 5.74) is 0.177. The van der Waals surface area contributed by atoms with Gasteiger partial charge in [0.1, 0.15) is 12.2 Å². The van der Waals surface area contributed by atoms with Crippen LogP contribution in [0.15, 0.2) is 11.6 Å². The van der Waals surface area contributed by atoms with E-state index in [2.05, 4.69) is 4.74 Å². The highest BCUT2D eigenvalue weighted by atomic mass is 16.6. The van der Waals surface area contributed by atoms with Crippen LogP contribution >= 0.6 is 0 Å². The van der Waals surface area contributed by atoms with E-state index in [4.69, 9.17) is 4.74 Å². The Bertz CT molecular complexity index is 420. The zero-order valence-corrected chi connectivity index (χ0v) is 10.8. The van der Waals surface area contributed by atoms with E-state index in [1.807, 2.05) is 0 Å². The number of amides is 1. The summed E-state index contributed by atoms with van der Waals surface area (Å²) in [5.74, 6) is -0.620. The molecule has 1 fully saturated rings. The third kappa shape index (κ3) is 2.08. The average molecular weight is 271 g/mol. The first-order chi connectivity index (χ1) is 9.02. The average Bonchev–Trinajstić information content (AvgIpc) is 2.58. The number of hydrogen-bond acceptors (Lipinski definition) is 6. The lowest BCUT2D eigenvalue weighted by Gasteiger charge is -2.33. The van der Waals surface area contributed by atoms with Gasteiger partial charge < -0.3 is 19.7 Å². The van der Waals surface area contributed by atoms with Crippen molar-refractivity contribution in [2.24, 2.45) is 0 Å². The maximum atomic E-state index is 11.9. The van der Waals surface area contributed by atoms with Crippen molar-refractivity contribution in [1.82, 2.24) is 4.90 Å². The van der Waals surface area contributed by atoms with E-state index in [0.29, 0.717) is 0 Å². The van der Waals surface area contributed by atoms with Gasteiger partial charge in [-0.2, -0.15) is 0 Å². The minimum absolute atomic E-state index is 0.177. The van der Waals surface area contributed by atoms with E-state index in [1.54, 1.807) is 13.0 Å². The summed E-state index contributed by atoms with van der Waals surface area (Å²) in [7, 11) is 1.22. The topological polar surface area (TPSA) is 96.3 Å². The number of nitrogens with zero attached hydrogens (tertiary/aromatic N) is 1. The Morgan fingerprint density at radius 2 is 2.11 bits per heavy atom. The molecule has 0 aromatic carbocycles. The fourth-order valence-electron chi connectivity index (χ4n) is 2.67. The largest absolute Gasteiger partial charge is 0.466 e. The van der Waals surface area contributed by atoms with Crippen molar-refractivity contribution < 1.29 is 29.3 Å². The summed E-state index contributed by atoms with van der Waals surface area (Å²) in [6, 6.07) is -1.49. The molecule has 4 atom stereocenters. The van der Waals surface area contributed by atoms with Crippen LogP contribution in [0.2, 0.25) is 0 Å². The van der Waals surface area contributed by atoms with Crippen molar-refractivity contribution in [3.8, 4) is 0 Å². The summed E-state index contributed by atoms with van der Waals surface area (Å²) in [6.45, 7) is 1.84. The maximum Gasteiger partial charge on any atom is 0.410 e. The summed E-state index contributed by atoms with van der Waals surface area (Å²) in [4.78, 5) is 24.8. The summed E-state index contributed by atoms with van der Waals surface area (Å²) in [5, 5.41) is 20.0. The Morgan fingerprint density at radius 1 is 1.42 bits per heavy atom. The van der Waals surface area contributed by atoms with Crippen molar-refractivity contribution in [1.29, 1.82) is 0 Å². The lowest BCUT2D eigenvalue weighted by atomic mass is 10.0. The van der Waals surface area contributed by atoms with Crippen LogP contribution in [-0.2, 0) is 14.3 Å². The molecule has 2 N–H and O–H groups in total. The number of ether oxygens (including phenoxy) is 2. The number of aliphatic hydroxyl groups excluding tert-OH is 2. The maximum absolute atomic E-state index is 11.9. The first-order valence-corrected chi connectivity index (χ1v) is 6.12. The van der Waals surface area contributed by atoms with Crippen LogP contribution in [0.4, 0.5) is 4.79 Å². The zero-order valence-electron chi connectivity index (χ0n) is 10.8. The third-order valence-corrected chi connectivity index (χ3v) is 3.52. The zero-order chi connectivity index (χ0) is 14.2. The Hall–Kier alpha value is -1.60. The number of hydrogen-bond donors (Lipinski definition) is 2. The van der Waals surface area contributed by atoms with Crippen LogP contribution in [0.1, 0.15) is 13.3 Å². The molecule has 7 heteroatoms. The summed E-state index contributed by atoms with van der Waals surface area (Å²) in [6.07, 6.45) is -1.11. The molecular weight excluding hydrogens is 254 g/mol. The molecule has 2 unspecified atom stereocenters. The van der Waals surface area contributed by atoms with E-state index >= 15 is 0 Å². The first kappa shape index (κ1) is 13.8. The van der Waals surface area contributed by atoms with Gasteiger partial charge in [-0.3, -0.25) is 4.90 Å². The molecule has 0 saturated carbocycles. The Labute approximate surface area is 110 Å². The van der Waals surface area contributed by atoms with Crippen LogP contribution in [-0.4, -0.2) is 65.2 Å². The second-order valence-electron chi connectivity index (χ2n) is 4.49. The monoisotopic (exact) mass is 271 g/mol. The van der Waals surface area contributed by atoms with Gasteiger partial charge in [-0.15, -0.1) is 0 Å². The lowest BCUT2D eigenvalue weighted by molar-refractivity contribution is -0.137. The summed E-state index contributed by atoms with van der Waals surface area (Å²) >= 11 is 0. The number of rotatable bonds is 2. The quantitative estimate of drug-likeness (QED) is 0.652. The fourth-order valence-corrected chi connectivity index (χ4v) is 2.67. The van der Waals surface area contributed by atoms with Gasteiger partial charge in [0.2, 0.25) is 0 Å². The lowest BCUT2D eigenvalue weighted by Crippen LogP contribution is -2.48. The molecule has 1 amide bonds. The van der Waals surface area contributed by atoms with Crippen molar-refractivity contribution in [3.05, 3.63) is 11.6 Å². The van der Waals surface area contributed by atoms with Crippen molar-refractivity contribution >= 4 is 12.1 Å². The third-order valence-electron chi connectivity index (χ3n) is 3.52. The molecular formula is C12H17NO6. The highest BCUT2D eigenvalue weighted by Gasteiger charge is 2.55. The molecule has 2 bridgehead atoms. The van der Waals surface area contributed by atoms with Crippen LogP contribution in [0.3, 0.4) is 0 Å². The van der Waals surface area contributed by atoms with Gasteiger partial charge in [0.05, 0.1) is 31.4 Å². The highest BCUT2D eigenvalue weighted by Crippen LogP contribution is 2.37. The van der Waals surface area contributed by atoms with E-state index in [-0.39, 0.29) is 18.6 Å². The molecule has 2 heterocycles. The molecule has 19 heavy (non-hydrogen) atoms.